The molecule has 1 atom stereocenters. The number of benzene rings is 1. The molecule has 1 aromatic carbocycles. The molecule has 0 bridgehead atoms. The van der Waals surface area contributed by atoms with Gasteiger partial charge in [-0.15, -0.1) is 0 Å². The molecule has 0 heterocycles. The van der Waals surface area contributed by atoms with Crippen LogP contribution in [0, 0.1) is 0 Å². The Labute approximate surface area is 103 Å². The lowest BCUT2D eigenvalue weighted by Crippen LogP contribution is -2.36. The molecule has 0 aliphatic rings. The number of rotatable bonds is 7. The summed E-state index contributed by atoms with van der Waals surface area (Å²) in [5.41, 5.74) is -0.0794. The van der Waals surface area contributed by atoms with Crippen LogP contribution >= 0.6 is 0 Å². The fourth-order valence-corrected chi connectivity index (χ4v) is 1.57. The third kappa shape index (κ3) is 4.34. The molecule has 1 aromatic rings. The summed E-state index contributed by atoms with van der Waals surface area (Å²) in [4.78, 5) is 0. The third-order valence-electron chi connectivity index (χ3n) is 2.64. The van der Waals surface area contributed by atoms with Gasteiger partial charge in [0.25, 0.3) is 0 Å². The van der Waals surface area contributed by atoms with Crippen molar-refractivity contribution in [3.05, 3.63) is 29.8 Å². The van der Waals surface area contributed by atoms with Crippen molar-refractivity contribution in [3.63, 3.8) is 0 Å². The predicted molar refractivity (Wildman–Crippen MR) is 67.3 cm³/mol. The van der Waals surface area contributed by atoms with E-state index in [1.54, 1.807) is 21.1 Å². The number of nitrogens with one attached hydrogen (secondary N) is 1. The molecule has 96 valence electrons. The van der Waals surface area contributed by atoms with E-state index < -0.39 is 5.60 Å². The van der Waals surface area contributed by atoms with Gasteiger partial charge in [-0.25, -0.2) is 0 Å². The first-order chi connectivity index (χ1) is 8.10. The van der Waals surface area contributed by atoms with Gasteiger partial charge in [0.05, 0.1) is 19.3 Å². The standard InChI is InChI=1S/C13H21NO3/c1-13(15,10-14-7-8-16-2)11-5-4-6-12(9-11)17-3/h4-6,9,14-15H,7-8,10H2,1-3H3. The number of methoxy groups -OCH3 is 2. The molecule has 0 aliphatic carbocycles. The molecular formula is C13H21NO3. The second-order valence-electron chi connectivity index (χ2n) is 4.18. The lowest BCUT2D eigenvalue weighted by molar-refractivity contribution is 0.0548. The molecule has 4 nitrogen and oxygen atoms in total. The summed E-state index contributed by atoms with van der Waals surface area (Å²) in [5.74, 6) is 0.750. The zero-order valence-corrected chi connectivity index (χ0v) is 10.7. The molecule has 0 saturated heterocycles. The molecule has 0 fully saturated rings. The zero-order valence-electron chi connectivity index (χ0n) is 10.7. The Morgan fingerprint density at radius 1 is 1.35 bits per heavy atom. The number of hydrogen-bond acceptors (Lipinski definition) is 4. The van der Waals surface area contributed by atoms with Crippen molar-refractivity contribution in [2.45, 2.75) is 12.5 Å². The Morgan fingerprint density at radius 3 is 2.76 bits per heavy atom. The van der Waals surface area contributed by atoms with Crippen molar-refractivity contribution in [3.8, 4) is 5.75 Å². The van der Waals surface area contributed by atoms with Crippen LogP contribution in [-0.2, 0) is 10.3 Å². The summed E-state index contributed by atoms with van der Waals surface area (Å²) in [7, 11) is 3.27. The first-order valence-electron chi connectivity index (χ1n) is 5.66. The molecule has 0 aliphatic heterocycles. The number of aliphatic hydroxyl groups is 1. The van der Waals surface area contributed by atoms with Crippen LogP contribution in [0.15, 0.2) is 24.3 Å². The molecule has 0 saturated carbocycles. The van der Waals surface area contributed by atoms with Crippen LogP contribution in [0.3, 0.4) is 0 Å². The molecule has 0 radical (unpaired) electrons. The minimum Gasteiger partial charge on any atom is -0.497 e. The van der Waals surface area contributed by atoms with Crippen molar-refractivity contribution in [2.75, 3.05) is 33.9 Å². The normalized spacial score (nSPS) is 14.4. The lowest BCUT2D eigenvalue weighted by Gasteiger charge is -2.24. The third-order valence-corrected chi connectivity index (χ3v) is 2.64. The average molecular weight is 239 g/mol. The van der Waals surface area contributed by atoms with Crippen molar-refractivity contribution in [1.29, 1.82) is 0 Å². The van der Waals surface area contributed by atoms with E-state index in [0.29, 0.717) is 13.2 Å². The van der Waals surface area contributed by atoms with E-state index >= 15 is 0 Å². The highest BCUT2D eigenvalue weighted by Crippen LogP contribution is 2.23. The van der Waals surface area contributed by atoms with Crippen LogP contribution in [0.5, 0.6) is 5.75 Å². The van der Waals surface area contributed by atoms with E-state index in [0.717, 1.165) is 17.9 Å². The van der Waals surface area contributed by atoms with E-state index in [1.807, 2.05) is 24.3 Å². The van der Waals surface area contributed by atoms with Gasteiger partial charge in [-0.05, 0) is 24.6 Å². The van der Waals surface area contributed by atoms with Crippen LogP contribution in [0.1, 0.15) is 12.5 Å². The quantitative estimate of drug-likeness (QED) is 0.701. The van der Waals surface area contributed by atoms with Gasteiger partial charge in [-0.2, -0.15) is 0 Å². The maximum absolute atomic E-state index is 10.3. The zero-order chi connectivity index (χ0) is 12.7. The molecule has 1 unspecified atom stereocenters. The number of ether oxygens (including phenoxy) is 2. The average Bonchev–Trinajstić information content (AvgIpc) is 2.35. The largest absolute Gasteiger partial charge is 0.497 e. The molecular weight excluding hydrogens is 218 g/mol. The van der Waals surface area contributed by atoms with Gasteiger partial charge >= 0.3 is 0 Å². The first-order valence-corrected chi connectivity index (χ1v) is 5.66. The molecule has 2 N–H and O–H groups in total. The molecule has 17 heavy (non-hydrogen) atoms. The van der Waals surface area contributed by atoms with Crippen LogP contribution in [0.4, 0.5) is 0 Å². The maximum Gasteiger partial charge on any atom is 0.119 e. The van der Waals surface area contributed by atoms with Gasteiger partial charge in [0.15, 0.2) is 0 Å². The molecule has 1 rings (SSSR count). The van der Waals surface area contributed by atoms with Gasteiger partial charge in [-0.3, -0.25) is 0 Å². The SMILES string of the molecule is COCCNCC(C)(O)c1cccc(OC)c1. The Morgan fingerprint density at radius 2 is 2.12 bits per heavy atom. The highest BCUT2D eigenvalue weighted by Gasteiger charge is 2.22. The second-order valence-corrected chi connectivity index (χ2v) is 4.18. The van der Waals surface area contributed by atoms with Gasteiger partial charge in [-0.1, -0.05) is 12.1 Å². The van der Waals surface area contributed by atoms with E-state index in [1.165, 1.54) is 0 Å². The van der Waals surface area contributed by atoms with Gasteiger partial charge in [0, 0.05) is 20.2 Å². The summed E-state index contributed by atoms with van der Waals surface area (Å²) in [6.07, 6.45) is 0. The van der Waals surface area contributed by atoms with Crippen LogP contribution in [0.25, 0.3) is 0 Å². The minimum absolute atomic E-state index is 0.476. The fourth-order valence-electron chi connectivity index (χ4n) is 1.57. The molecule has 0 amide bonds. The van der Waals surface area contributed by atoms with Gasteiger partial charge < -0.3 is 19.9 Å². The topological polar surface area (TPSA) is 50.7 Å². The Hall–Kier alpha value is -1.10. The summed E-state index contributed by atoms with van der Waals surface area (Å²) >= 11 is 0. The van der Waals surface area contributed by atoms with Crippen molar-refractivity contribution >= 4 is 0 Å². The monoisotopic (exact) mass is 239 g/mol. The molecule has 0 aromatic heterocycles. The summed E-state index contributed by atoms with van der Waals surface area (Å²) in [6.45, 7) is 3.61. The summed E-state index contributed by atoms with van der Waals surface area (Å²) in [5, 5.41) is 13.5. The van der Waals surface area contributed by atoms with Crippen molar-refractivity contribution < 1.29 is 14.6 Å². The van der Waals surface area contributed by atoms with Crippen molar-refractivity contribution in [2.24, 2.45) is 0 Å². The minimum atomic E-state index is -0.914. The first kappa shape index (κ1) is 14.0. The van der Waals surface area contributed by atoms with Crippen LogP contribution in [0.2, 0.25) is 0 Å². The Balaban J connectivity index is 2.61. The van der Waals surface area contributed by atoms with E-state index in [2.05, 4.69) is 5.32 Å². The van der Waals surface area contributed by atoms with E-state index in [9.17, 15) is 5.11 Å². The maximum atomic E-state index is 10.3. The van der Waals surface area contributed by atoms with Crippen LogP contribution < -0.4 is 10.1 Å². The highest BCUT2D eigenvalue weighted by atomic mass is 16.5. The Bertz CT molecular complexity index is 339. The molecule has 0 spiro atoms. The van der Waals surface area contributed by atoms with Gasteiger partial charge in [0.2, 0.25) is 0 Å². The highest BCUT2D eigenvalue weighted by molar-refractivity contribution is 5.32. The summed E-state index contributed by atoms with van der Waals surface area (Å²) in [6, 6.07) is 7.47. The van der Waals surface area contributed by atoms with Gasteiger partial charge in [0.1, 0.15) is 5.75 Å². The van der Waals surface area contributed by atoms with E-state index in [-0.39, 0.29) is 0 Å². The molecule has 4 heteroatoms. The Kier molecular flexibility index (Phi) is 5.41. The lowest BCUT2D eigenvalue weighted by atomic mass is 9.96. The smallest absolute Gasteiger partial charge is 0.119 e. The fraction of sp³-hybridized carbons (Fsp3) is 0.538. The predicted octanol–water partition coefficient (Wildman–Crippen LogP) is 1.14. The van der Waals surface area contributed by atoms with Crippen LogP contribution in [-0.4, -0.2) is 39.0 Å². The second kappa shape index (κ2) is 6.59. The van der Waals surface area contributed by atoms with E-state index in [4.69, 9.17) is 9.47 Å². The van der Waals surface area contributed by atoms with Crippen molar-refractivity contribution in [1.82, 2.24) is 5.32 Å². The summed E-state index contributed by atoms with van der Waals surface area (Å²) < 4.78 is 10.1. The number of hydrogen-bond donors (Lipinski definition) is 2.